The van der Waals surface area contributed by atoms with Crippen LogP contribution in [0.2, 0.25) is 0 Å². The van der Waals surface area contributed by atoms with E-state index < -0.39 is 5.82 Å². The van der Waals surface area contributed by atoms with E-state index in [1.165, 1.54) is 12.1 Å². The van der Waals surface area contributed by atoms with Gasteiger partial charge in [0.2, 0.25) is 0 Å². The van der Waals surface area contributed by atoms with Crippen molar-refractivity contribution in [3.63, 3.8) is 0 Å². The number of anilines is 1. The van der Waals surface area contributed by atoms with Crippen molar-refractivity contribution in [3.05, 3.63) is 51.5 Å². The van der Waals surface area contributed by atoms with Crippen LogP contribution in [0.5, 0.6) is 0 Å². The maximum Gasteiger partial charge on any atom is 0.251 e. The van der Waals surface area contributed by atoms with Gasteiger partial charge in [-0.15, -0.1) is 11.3 Å². The lowest BCUT2D eigenvalue weighted by Crippen LogP contribution is -2.36. The number of thiophene rings is 1. The maximum atomic E-state index is 13.9. The molecule has 1 aromatic heterocycles. The zero-order valence-corrected chi connectivity index (χ0v) is 13.8. The monoisotopic (exact) mass is 334 g/mol. The largest absolute Gasteiger partial charge is 0.378 e. The Kier molecular flexibility index (Phi) is 4.93. The Morgan fingerprint density at radius 1 is 1.35 bits per heavy atom. The molecule has 1 amide bonds. The minimum absolute atomic E-state index is 0.258. The van der Waals surface area contributed by atoms with Crippen LogP contribution in [0.1, 0.15) is 20.8 Å². The Morgan fingerprint density at radius 2 is 2.13 bits per heavy atom. The molecule has 2 heterocycles. The van der Waals surface area contributed by atoms with Crippen molar-refractivity contribution >= 4 is 22.9 Å². The lowest BCUT2D eigenvalue weighted by molar-refractivity contribution is 0.0951. The van der Waals surface area contributed by atoms with Crippen molar-refractivity contribution in [3.8, 4) is 0 Å². The average Bonchev–Trinajstić information content (AvgIpc) is 2.98. The standard InChI is InChI=1S/C17H19FN2O2S/c1-12-2-7-23-16(12)11-19-17(21)13-8-14(18)10-15(9-13)20-3-5-22-6-4-20/h2,7-10H,3-6,11H2,1H3,(H,19,21). The van der Waals surface area contributed by atoms with Gasteiger partial charge in [-0.2, -0.15) is 0 Å². The van der Waals surface area contributed by atoms with Crippen LogP contribution >= 0.6 is 11.3 Å². The summed E-state index contributed by atoms with van der Waals surface area (Å²) in [4.78, 5) is 15.5. The van der Waals surface area contributed by atoms with Gasteiger partial charge in [0.25, 0.3) is 5.91 Å². The smallest absolute Gasteiger partial charge is 0.251 e. The topological polar surface area (TPSA) is 41.6 Å². The number of halogens is 1. The lowest BCUT2D eigenvalue weighted by Gasteiger charge is -2.29. The molecule has 4 nitrogen and oxygen atoms in total. The number of amides is 1. The Morgan fingerprint density at radius 3 is 2.83 bits per heavy atom. The normalized spacial score (nSPS) is 14.8. The highest BCUT2D eigenvalue weighted by molar-refractivity contribution is 7.10. The van der Waals surface area contributed by atoms with Crippen LogP contribution in [-0.2, 0) is 11.3 Å². The lowest BCUT2D eigenvalue weighted by atomic mass is 10.1. The van der Waals surface area contributed by atoms with Crippen LogP contribution in [0, 0.1) is 12.7 Å². The number of carbonyl (C=O) groups is 1. The first kappa shape index (κ1) is 16.0. The van der Waals surface area contributed by atoms with Crippen molar-refractivity contribution in [2.75, 3.05) is 31.2 Å². The van der Waals surface area contributed by atoms with Gasteiger partial charge in [-0.3, -0.25) is 4.79 Å². The Hall–Kier alpha value is -1.92. The Balaban J connectivity index is 1.72. The molecule has 0 radical (unpaired) electrons. The van der Waals surface area contributed by atoms with E-state index in [0.29, 0.717) is 38.4 Å². The van der Waals surface area contributed by atoms with Crippen molar-refractivity contribution in [2.24, 2.45) is 0 Å². The summed E-state index contributed by atoms with van der Waals surface area (Å²) in [5.41, 5.74) is 2.23. The number of hydrogen-bond donors (Lipinski definition) is 1. The maximum absolute atomic E-state index is 13.9. The van der Waals surface area contributed by atoms with E-state index in [1.807, 2.05) is 23.3 Å². The number of rotatable bonds is 4. The summed E-state index contributed by atoms with van der Waals surface area (Å²) in [5.74, 6) is -0.654. The van der Waals surface area contributed by atoms with Gasteiger partial charge in [-0.1, -0.05) is 0 Å². The molecule has 0 atom stereocenters. The van der Waals surface area contributed by atoms with Gasteiger partial charge in [0.15, 0.2) is 0 Å². The molecule has 3 rings (SSSR count). The number of morpholine rings is 1. The molecule has 1 aliphatic heterocycles. The van der Waals surface area contributed by atoms with Gasteiger partial charge in [-0.25, -0.2) is 4.39 Å². The fraction of sp³-hybridized carbons (Fsp3) is 0.353. The summed E-state index contributed by atoms with van der Waals surface area (Å²) < 4.78 is 19.2. The molecule has 1 N–H and O–H groups in total. The van der Waals surface area contributed by atoms with Crippen molar-refractivity contribution < 1.29 is 13.9 Å². The van der Waals surface area contributed by atoms with Crippen molar-refractivity contribution in [1.82, 2.24) is 5.32 Å². The number of benzene rings is 1. The van der Waals surface area contributed by atoms with Crippen molar-refractivity contribution in [2.45, 2.75) is 13.5 Å². The molecule has 1 saturated heterocycles. The van der Waals surface area contributed by atoms with E-state index in [2.05, 4.69) is 5.32 Å². The predicted octanol–water partition coefficient (Wildman–Crippen LogP) is 2.96. The average molecular weight is 334 g/mol. The van der Waals surface area contributed by atoms with Gasteiger partial charge in [0, 0.05) is 29.2 Å². The molecule has 0 aliphatic carbocycles. The molecular formula is C17H19FN2O2S. The van der Waals surface area contributed by atoms with E-state index in [4.69, 9.17) is 4.74 Å². The van der Waals surface area contributed by atoms with E-state index >= 15 is 0 Å². The number of aryl methyl sites for hydroxylation is 1. The minimum Gasteiger partial charge on any atom is -0.378 e. The molecule has 122 valence electrons. The van der Waals surface area contributed by atoms with Gasteiger partial charge in [0.1, 0.15) is 5.82 Å². The number of carbonyl (C=O) groups excluding carboxylic acids is 1. The molecule has 1 aromatic carbocycles. The fourth-order valence-electron chi connectivity index (χ4n) is 2.56. The van der Waals surface area contributed by atoms with Crippen LogP contribution in [0.25, 0.3) is 0 Å². The molecule has 0 bridgehead atoms. The highest BCUT2D eigenvalue weighted by Gasteiger charge is 2.15. The SMILES string of the molecule is Cc1ccsc1CNC(=O)c1cc(F)cc(N2CCOCC2)c1. The third-order valence-corrected chi connectivity index (χ3v) is 4.92. The van der Waals surface area contributed by atoms with E-state index in [0.717, 1.165) is 16.1 Å². The van der Waals surface area contributed by atoms with Gasteiger partial charge in [0.05, 0.1) is 19.8 Å². The molecule has 0 spiro atoms. The van der Waals surface area contributed by atoms with Crippen molar-refractivity contribution in [1.29, 1.82) is 0 Å². The van der Waals surface area contributed by atoms with Crippen LogP contribution in [0.15, 0.2) is 29.6 Å². The Bertz CT molecular complexity index is 696. The number of nitrogens with one attached hydrogen (secondary N) is 1. The van der Waals surface area contributed by atoms with Crippen LogP contribution in [0.4, 0.5) is 10.1 Å². The summed E-state index contributed by atoms with van der Waals surface area (Å²) in [5, 5.41) is 4.86. The summed E-state index contributed by atoms with van der Waals surface area (Å²) in [6.07, 6.45) is 0. The molecule has 23 heavy (non-hydrogen) atoms. The minimum atomic E-state index is -0.397. The third-order valence-electron chi connectivity index (χ3n) is 3.90. The van der Waals surface area contributed by atoms with Gasteiger partial charge >= 0.3 is 0 Å². The summed E-state index contributed by atoms with van der Waals surface area (Å²) >= 11 is 1.60. The number of hydrogen-bond acceptors (Lipinski definition) is 4. The van der Waals surface area contributed by atoms with Crippen LogP contribution in [0.3, 0.4) is 0 Å². The molecular weight excluding hydrogens is 315 g/mol. The van der Waals surface area contributed by atoms with E-state index in [9.17, 15) is 9.18 Å². The van der Waals surface area contributed by atoms with Gasteiger partial charge in [-0.05, 0) is 42.1 Å². The third kappa shape index (κ3) is 3.89. The quantitative estimate of drug-likeness (QED) is 0.935. The van der Waals surface area contributed by atoms with E-state index in [-0.39, 0.29) is 5.91 Å². The predicted molar refractivity (Wildman–Crippen MR) is 89.7 cm³/mol. The first-order chi connectivity index (χ1) is 11.1. The molecule has 6 heteroatoms. The zero-order valence-electron chi connectivity index (χ0n) is 13.0. The summed E-state index contributed by atoms with van der Waals surface area (Å²) in [7, 11) is 0. The second-order valence-electron chi connectivity index (χ2n) is 5.51. The van der Waals surface area contributed by atoms with E-state index in [1.54, 1.807) is 17.4 Å². The van der Waals surface area contributed by atoms with Gasteiger partial charge < -0.3 is 15.0 Å². The molecule has 0 unspecified atom stereocenters. The molecule has 1 aliphatic rings. The highest BCUT2D eigenvalue weighted by Crippen LogP contribution is 2.20. The Labute approximate surface area is 138 Å². The first-order valence-electron chi connectivity index (χ1n) is 7.58. The number of ether oxygens (including phenoxy) is 1. The molecule has 1 fully saturated rings. The summed E-state index contributed by atoms with van der Waals surface area (Å²) in [6.45, 7) is 5.13. The first-order valence-corrected chi connectivity index (χ1v) is 8.46. The fourth-order valence-corrected chi connectivity index (χ4v) is 3.40. The van der Waals surface area contributed by atoms with Crippen LogP contribution < -0.4 is 10.2 Å². The summed E-state index contributed by atoms with van der Waals surface area (Å²) in [6, 6.07) is 6.50. The molecule has 0 saturated carbocycles. The highest BCUT2D eigenvalue weighted by atomic mass is 32.1. The zero-order chi connectivity index (χ0) is 16.2. The second-order valence-corrected chi connectivity index (χ2v) is 6.51. The van der Waals surface area contributed by atoms with Crippen LogP contribution in [-0.4, -0.2) is 32.2 Å². The molecule has 2 aromatic rings. The second kappa shape index (κ2) is 7.10. The number of nitrogens with zero attached hydrogens (tertiary/aromatic N) is 1.